The van der Waals surface area contributed by atoms with E-state index in [1.807, 2.05) is 42.5 Å². The molecule has 0 aliphatic heterocycles. The first-order valence-corrected chi connectivity index (χ1v) is 10.7. The maximum atomic E-state index is 14.0. The Kier molecular flexibility index (Phi) is 5.03. The van der Waals surface area contributed by atoms with Gasteiger partial charge in [0.1, 0.15) is 16.5 Å². The Hall–Kier alpha value is -3.26. The Morgan fingerprint density at radius 1 is 1.00 bits per heavy atom. The highest BCUT2D eigenvalue weighted by molar-refractivity contribution is 7.92. The van der Waals surface area contributed by atoms with E-state index in [9.17, 15) is 17.2 Å². The Bertz CT molecular complexity index is 1360. The first kappa shape index (κ1) is 20.0. The molecule has 0 bridgehead atoms. The van der Waals surface area contributed by atoms with Gasteiger partial charge in [-0.2, -0.15) is 5.10 Å². The minimum Gasteiger partial charge on any atom is -0.276 e. The molecule has 1 heterocycles. The van der Waals surface area contributed by atoms with Crippen molar-refractivity contribution in [3.8, 4) is 0 Å². The largest absolute Gasteiger partial charge is 0.276 e. The van der Waals surface area contributed by atoms with Crippen molar-refractivity contribution in [1.82, 2.24) is 9.78 Å². The second-order valence-electron chi connectivity index (χ2n) is 7.02. The fraction of sp³-hybridized carbons (Fsp3) is 0.136. The summed E-state index contributed by atoms with van der Waals surface area (Å²) >= 11 is 0. The topological polar surface area (TPSA) is 64.0 Å². The third kappa shape index (κ3) is 3.66. The summed E-state index contributed by atoms with van der Waals surface area (Å²) in [4.78, 5) is -0.621. The lowest BCUT2D eigenvalue weighted by atomic mass is 10.0. The van der Waals surface area contributed by atoms with Crippen LogP contribution in [-0.4, -0.2) is 18.2 Å². The van der Waals surface area contributed by atoms with E-state index in [1.54, 1.807) is 18.5 Å². The summed E-state index contributed by atoms with van der Waals surface area (Å²) in [5.41, 5.74) is 2.36. The maximum Gasteiger partial charge on any atom is 0.264 e. The van der Waals surface area contributed by atoms with Gasteiger partial charge in [0.15, 0.2) is 0 Å². The van der Waals surface area contributed by atoms with E-state index in [2.05, 4.69) is 9.82 Å². The summed E-state index contributed by atoms with van der Waals surface area (Å²) in [5.74, 6) is -2.00. The van der Waals surface area contributed by atoms with Crippen LogP contribution in [0.1, 0.15) is 17.0 Å². The zero-order valence-electron chi connectivity index (χ0n) is 16.4. The third-order valence-corrected chi connectivity index (χ3v) is 6.38. The van der Waals surface area contributed by atoms with E-state index in [4.69, 9.17) is 0 Å². The van der Waals surface area contributed by atoms with Gasteiger partial charge in [-0.05, 0) is 42.3 Å². The summed E-state index contributed by atoms with van der Waals surface area (Å²) in [6.45, 7) is 3.86. The molecule has 8 heteroatoms. The summed E-state index contributed by atoms with van der Waals surface area (Å²) in [5, 5.41) is 6.65. The van der Waals surface area contributed by atoms with E-state index in [-0.39, 0.29) is 5.69 Å². The maximum absolute atomic E-state index is 14.0. The number of fused-ring (bicyclic) bond motifs is 1. The molecule has 0 fully saturated rings. The third-order valence-electron chi connectivity index (χ3n) is 5.00. The second kappa shape index (κ2) is 7.53. The molecule has 4 rings (SSSR count). The Morgan fingerprint density at radius 3 is 2.50 bits per heavy atom. The number of rotatable bonds is 5. The summed E-state index contributed by atoms with van der Waals surface area (Å²) in [7, 11) is -4.24. The molecule has 0 amide bonds. The van der Waals surface area contributed by atoms with Crippen molar-refractivity contribution in [1.29, 1.82) is 0 Å². The zero-order valence-corrected chi connectivity index (χ0v) is 17.2. The lowest BCUT2D eigenvalue weighted by Crippen LogP contribution is -2.16. The standard InChI is InChI=1S/C22H19F2N3O2S/c1-14-22(26-30(28,29)21-11-10-18(23)12-20(21)24)15(2)27(25-14)13-17-8-5-7-16-6-3-4-9-19(16)17/h3-12,26H,13H2,1-2H3. The Labute approximate surface area is 173 Å². The van der Waals surface area contributed by atoms with E-state index in [0.717, 1.165) is 28.5 Å². The smallest absolute Gasteiger partial charge is 0.264 e. The second-order valence-corrected chi connectivity index (χ2v) is 8.67. The van der Waals surface area contributed by atoms with Crippen LogP contribution in [0, 0.1) is 25.5 Å². The number of benzene rings is 3. The average molecular weight is 427 g/mol. The number of nitrogens with zero attached hydrogens (tertiary/aromatic N) is 2. The van der Waals surface area contributed by atoms with Gasteiger partial charge in [0.05, 0.1) is 23.6 Å². The molecule has 1 N–H and O–H groups in total. The first-order valence-electron chi connectivity index (χ1n) is 9.25. The van der Waals surface area contributed by atoms with Crippen molar-refractivity contribution in [3.63, 3.8) is 0 Å². The van der Waals surface area contributed by atoms with Gasteiger partial charge in [-0.1, -0.05) is 42.5 Å². The molecule has 0 aliphatic rings. The van der Waals surface area contributed by atoms with Crippen molar-refractivity contribution in [2.45, 2.75) is 25.3 Å². The van der Waals surface area contributed by atoms with Gasteiger partial charge in [0.25, 0.3) is 10.0 Å². The van der Waals surface area contributed by atoms with Crippen LogP contribution in [0.5, 0.6) is 0 Å². The molecule has 0 saturated carbocycles. The molecule has 30 heavy (non-hydrogen) atoms. The van der Waals surface area contributed by atoms with Crippen molar-refractivity contribution >= 4 is 26.5 Å². The molecule has 3 aromatic carbocycles. The normalized spacial score (nSPS) is 11.7. The molecule has 0 atom stereocenters. The number of nitrogens with one attached hydrogen (secondary N) is 1. The van der Waals surface area contributed by atoms with E-state index in [1.165, 1.54) is 0 Å². The van der Waals surface area contributed by atoms with E-state index in [0.29, 0.717) is 24.0 Å². The van der Waals surface area contributed by atoms with Crippen molar-refractivity contribution in [2.75, 3.05) is 4.72 Å². The highest BCUT2D eigenvalue weighted by Gasteiger charge is 2.23. The van der Waals surface area contributed by atoms with Gasteiger partial charge in [-0.3, -0.25) is 9.40 Å². The SMILES string of the molecule is Cc1nn(Cc2cccc3ccccc23)c(C)c1NS(=O)(=O)c1ccc(F)cc1F. The monoisotopic (exact) mass is 427 g/mol. The van der Waals surface area contributed by atoms with E-state index >= 15 is 0 Å². The highest BCUT2D eigenvalue weighted by atomic mass is 32.2. The van der Waals surface area contributed by atoms with Crippen molar-refractivity contribution < 1.29 is 17.2 Å². The lowest BCUT2D eigenvalue weighted by Gasteiger charge is -2.11. The van der Waals surface area contributed by atoms with Crippen LogP contribution in [-0.2, 0) is 16.6 Å². The van der Waals surface area contributed by atoms with Crippen molar-refractivity contribution in [2.24, 2.45) is 0 Å². The number of sulfonamides is 1. The summed E-state index contributed by atoms with van der Waals surface area (Å²) < 4.78 is 56.6. The number of halogens is 2. The van der Waals surface area contributed by atoms with Gasteiger partial charge in [-0.15, -0.1) is 0 Å². The number of hydrogen-bond donors (Lipinski definition) is 1. The van der Waals surface area contributed by atoms with Crippen molar-refractivity contribution in [3.05, 3.63) is 89.2 Å². The predicted molar refractivity (Wildman–Crippen MR) is 112 cm³/mol. The molecular formula is C22H19F2N3O2S. The van der Waals surface area contributed by atoms with E-state index < -0.39 is 26.6 Å². The zero-order chi connectivity index (χ0) is 21.5. The Balaban J connectivity index is 1.69. The highest BCUT2D eigenvalue weighted by Crippen LogP contribution is 2.26. The number of anilines is 1. The average Bonchev–Trinajstić information content (AvgIpc) is 2.95. The first-order chi connectivity index (χ1) is 14.3. The fourth-order valence-electron chi connectivity index (χ4n) is 3.47. The number of aryl methyl sites for hydroxylation is 1. The van der Waals surface area contributed by atoms with Crippen LogP contribution in [0.15, 0.2) is 65.6 Å². The van der Waals surface area contributed by atoms with Crippen LogP contribution in [0.25, 0.3) is 10.8 Å². The van der Waals surface area contributed by atoms with Gasteiger partial charge >= 0.3 is 0 Å². The van der Waals surface area contributed by atoms with Crippen LogP contribution in [0.2, 0.25) is 0 Å². The molecule has 4 aromatic rings. The van der Waals surface area contributed by atoms with Crippen LogP contribution in [0.3, 0.4) is 0 Å². The van der Waals surface area contributed by atoms with Gasteiger partial charge < -0.3 is 0 Å². The molecule has 0 radical (unpaired) electrons. The minimum absolute atomic E-state index is 0.277. The molecule has 0 spiro atoms. The molecule has 0 unspecified atom stereocenters. The molecule has 0 saturated heterocycles. The quantitative estimate of drug-likeness (QED) is 0.499. The molecule has 154 valence electrons. The molecule has 1 aromatic heterocycles. The van der Waals surface area contributed by atoms with Gasteiger partial charge in [0.2, 0.25) is 0 Å². The Morgan fingerprint density at radius 2 is 1.73 bits per heavy atom. The van der Waals surface area contributed by atoms with Crippen LogP contribution >= 0.6 is 0 Å². The van der Waals surface area contributed by atoms with Crippen LogP contribution < -0.4 is 4.72 Å². The van der Waals surface area contributed by atoms with Crippen LogP contribution in [0.4, 0.5) is 14.5 Å². The molecular weight excluding hydrogens is 408 g/mol. The predicted octanol–water partition coefficient (Wildman–Crippen LogP) is 4.78. The van der Waals surface area contributed by atoms with Gasteiger partial charge in [0, 0.05) is 6.07 Å². The summed E-state index contributed by atoms with van der Waals surface area (Å²) in [6.07, 6.45) is 0. The lowest BCUT2D eigenvalue weighted by molar-refractivity contribution is 0.551. The fourth-order valence-corrected chi connectivity index (χ4v) is 4.71. The number of hydrogen-bond acceptors (Lipinski definition) is 3. The number of aromatic nitrogens is 2. The minimum atomic E-state index is -4.24. The molecule has 0 aliphatic carbocycles. The summed E-state index contributed by atoms with van der Waals surface area (Å²) in [6, 6.07) is 16.3. The molecule has 5 nitrogen and oxygen atoms in total. The van der Waals surface area contributed by atoms with Gasteiger partial charge in [-0.25, -0.2) is 17.2 Å².